The molecule has 6 heteroatoms. The number of hydrogen-bond acceptors (Lipinski definition) is 3. The van der Waals surface area contributed by atoms with E-state index < -0.39 is 30.3 Å². The van der Waals surface area contributed by atoms with Crippen molar-refractivity contribution in [2.24, 2.45) is 0 Å². The second-order valence-electron chi connectivity index (χ2n) is 3.09. The van der Waals surface area contributed by atoms with Gasteiger partial charge in [0.25, 0.3) is 0 Å². The lowest BCUT2D eigenvalue weighted by atomic mass is 10.1. The second kappa shape index (κ2) is 3.21. The number of amides is 1. The number of aliphatic hydroxyl groups excluding tert-OH is 1. The summed E-state index contributed by atoms with van der Waals surface area (Å²) in [6.07, 6.45) is -2.24. The molecule has 13 heavy (non-hydrogen) atoms. The maximum atomic E-state index is 10.6. The molecule has 1 heterocycles. The van der Waals surface area contributed by atoms with Gasteiger partial charge in [0.15, 0.2) is 0 Å². The molecule has 0 aliphatic carbocycles. The third-order valence-corrected chi connectivity index (χ3v) is 2.30. The van der Waals surface area contributed by atoms with Gasteiger partial charge >= 0.3 is 12.1 Å². The molecule has 3 atom stereocenters. The predicted octanol–water partition coefficient (Wildman–Crippen LogP) is -0.427. The number of carbonyl (C=O) groups is 2. The number of likely N-dealkylation sites (tertiary alicyclic amines) is 1. The van der Waals surface area contributed by atoms with Crippen LogP contribution in [0, 0.1) is 0 Å². The van der Waals surface area contributed by atoms with Crippen molar-refractivity contribution >= 4 is 12.1 Å². The van der Waals surface area contributed by atoms with E-state index in [-0.39, 0.29) is 6.42 Å². The van der Waals surface area contributed by atoms with Crippen molar-refractivity contribution in [3.05, 3.63) is 0 Å². The van der Waals surface area contributed by atoms with Crippen LogP contribution in [0.2, 0.25) is 0 Å². The van der Waals surface area contributed by atoms with Crippen LogP contribution < -0.4 is 0 Å². The summed E-state index contributed by atoms with van der Waals surface area (Å²) < 4.78 is 0. The Labute approximate surface area is 74.4 Å². The van der Waals surface area contributed by atoms with E-state index in [0.717, 1.165) is 4.90 Å². The van der Waals surface area contributed by atoms with Gasteiger partial charge in [-0.1, -0.05) is 0 Å². The molecule has 3 N–H and O–H groups in total. The van der Waals surface area contributed by atoms with Crippen molar-refractivity contribution in [1.82, 2.24) is 4.90 Å². The number of carboxylic acids is 1. The molecular formula is C7H11NO5. The summed E-state index contributed by atoms with van der Waals surface area (Å²) in [5, 5.41) is 26.6. The third-order valence-electron chi connectivity index (χ3n) is 2.30. The lowest BCUT2D eigenvalue weighted by Crippen LogP contribution is -2.44. The number of carboxylic acid groups (broad SMARTS) is 2. The molecule has 6 nitrogen and oxygen atoms in total. The normalized spacial score (nSPS) is 33.4. The summed E-state index contributed by atoms with van der Waals surface area (Å²) in [6.45, 7) is 1.49. The van der Waals surface area contributed by atoms with E-state index in [1.54, 1.807) is 0 Å². The highest BCUT2D eigenvalue weighted by Crippen LogP contribution is 2.24. The summed E-state index contributed by atoms with van der Waals surface area (Å²) in [4.78, 5) is 22.0. The molecule has 74 valence electrons. The van der Waals surface area contributed by atoms with Gasteiger partial charge in [0.1, 0.15) is 6.04 Å². The van der Waals surface area contributed by atoms with Crippen LogP contribution in [-0.2, 0) is 4.79 Å². The first kappa shape index (κ1) is 9.79. The van der Waals surface area contributed by atoms with Crippen molar-refractivity contribution < 1.29 is 24.9 Å². The SMILES string of the molecule is C[C@H]1[C@@H](O)C[C@@H](C(=O)O)N1C(=O)O. The van der Waals surface area contributed by atoms with E-state index in [1.807, 2.05) is 0 Å². The smallest absolute Gasteiger partial charge is 0.408 e. The second-order valence-corrected chi connectivity index (χ2v) is 3.09. The fraction of sp³-hybridized carbons (Fsp3) is 0.714. The summed E-state index contributed by atoms with van der Waals surface area (Å²) in [5.41, 5.74) is 0. The fourth-order valence-electron chi connectivity index (χ4n) is 1.54. The van der Waals surface area contributed by atoms with Crippen LogP contribution in [0.1, 0.15) is 13.3 Å². The molecule has 1 aliphatic heterocycles. The van der Waals surface area contributed by atoms with E-state index in [0.29, 0.717) is 0 Å². The Kier molecular flexibility index (Phi) is 2.42. The third kappa shape index (κ3) is 1.57. The predicted molar refractivity (Wildman–Crippen MR) is 41.4 cm³/mol. The Balaban J connectivity index is 2.86. The van der Waals surface area contributed by atoms with Gasteiger partial charge in [-0.15, -0.1) is 0 Å². The van der Waals surface area contributed by atoms with Crippen molar-refractivity contribution in [2.75, 3.05) is 0 Å². The van der Waals surface area contributed by atoms with Gasteiger partial charge in [0.2, 0.25) is 0 Å². The zero-order chi connectivity index (χ0) is 10.2. The Hall–Kier alpha value is -1.30. The van der Waals surface area contributed by atoms with Gasteiger partial charge < -0.3 is 15.3 Å². The summed E-state index contributed by atoms with van der Waals surface area (Å²) in [5.74, 6) is -1.22. The minimum Gasteiger partial charge on any atom is -0.480 e. The molecular weight excluding hydrogens is 178 g/mol. The van der Waals surface area contributed by atoms with Gasteiger partial charge in [-0.3, -0.25) is 4.90 Å². The first-order valence-corrected chi connectivity index (χ1v) is 3.87. The molecule has 1 aliphatic rings. The molecule has 1 saturated heterocycles. The van der Waals surface area contributed by atoms with E-state index in [9.17, 15) is 14.7 Å². The van der Waals surface area contributed by atoms with Gasteiger partial charge in [0.05, 0.1) is 12.1 Å². The van der Waals surface area contributed by atoms with Gasteiger partial charge in [-0.25, -0.2) is 9.59 Å². The Morgan fingerprint density at radius 1 is 1.38 bits per heavy atom. The zero-order valence-corrected chi connectivity index (χ0v) is 7.04. The number of aliphatic hydroxyl groups is 1. The number of nitrogens with zero attached hydrogens (tertiary/aromatic N) is 1. The van der Waals surface area contributed by atoms with Crippen LogP contribution in [0.25, 0.3) is 0 Å². The van der Waals surface area contributed by atoms with Crippen LogP contribution in [-0.4, -0.2) is 50.5 Å². The minimum absolute atomic E-state index is 0.0389. The molecule has 0 bridgehead atoms. The van der Waals surface area contributed by atoms with E-state index in [2.05, 4.69) is 0 Å². The molecule has 0 unspecified atom stereocenters. The number of hydrogen-bond donors (Lipinski definition) is 3. The molecule has 1 fully saturated rings. The fourth-order valence-corrected chi connectivity index (χ4v) is 1.54. The number of rotatable bonds is 1. The summed E-state index contributed by atoms with van der Waals surface area (Å²) >= 11 is 0. The average Bonchev–Trinajstić information content (AvgIpc) is 2.28. The highest BCUT2D eigenvalue weighted by atomic mass is 16.4. The highest BCUT2D eigenvalue weighted by molar-refractivity contribution is 5.80. The van der Waals surface area contributed by atoms with Crippen molar-refractivity contribution in [3.8, 4) is 0 Å². The highest BCUT2D eigenvalue weighted by Gasteiger charge is 2.44. The molecule has 0 aromatic heterocycles. The molecule has 0 spiro atoms. The molecule has 0 aromatic carbocycles. The largest absolute Gasteiger partial charge is 0.480 e. The minimum atomic E-state index is -1.31. The van der Waals surface area contributed by atoms with Crippen LogP contribution >= 0.6 is 0 Å². The van der Waals surface area contributed by atoms with Crippen LogP contribution in [0.3, 0.4) is 0 Å². The Morgan fingerprint density at radius 3 is 2.23 bits per heavy atom. The molecule has 1 amide bonds. The van der Waals surface area contributed by atoms with E-state index in [4.69, 9.17) is 10.2 Å². The summed E-state index contributed by atoms with van der Waals surface area (Å²) in [7, 11) is 0. The van der Waals surface area contributed by atoms with Crippen molar-refractivity contribution in [1.29, 1.82) is 0 Å². The lowest BCUT2D eigenvalue weighted by molar-refractivity contribution is -0.141. The van der Waals surface area contributed by atoms with E-state index in [1.165, 1.54) is 6.92 Å². The quantitative estimate of drug-likeness (QED) is 0.520. The van der Waals surface area contributed by atoms with Gasteiger partial charge in [0, 0.05) is 6.42 Å². The zero-order valence-electron chi connectivity index (χ0n) is 7.04. The Bertz CT molecular complexity index is 241. The van der Waals surface area contributed by atoms with Crippen molar-refractivity contribution in [2.45, 2.75) is 31.5 Å². The monoisotopic (exact) mass is 189 g/mol. The Morgan fingerprint density at radius 2 is 1.92 bits per heavy atom. The van der Waals surface area contributed by atoms with Crippen molar-refractivity contribution in [3.63, 3.8) is 0 Å². The average molecular weight is 189 g/mol. The standard InChI is InChI=1S/C7H11NO5/c1-3-5(9)2-4(6(10)11)8(3)7(12)13/h3-5,9H,2H2,1H3,(H,10,11)(H,12,13)/t3-,4-,5-/m0/s1. The molecule has 1 rings (SSSR count). The van der Waals surface area contributed by atoms with Crippen LogP contribution in [0.15, 0.2) is 0 Å². The summed E-state index contributed by atoms with van der Waals surface area (Å²) in [6, 6.07) is -1.78. The maximum absolute atomic E-state index is 10.6. The lowest BCUT2D eigenvalue weighted by Gasteiger charge is -2.22. The van der Waals surface area contributed by atoms with Gasteiger partial charge in [-0.2, -0.15) is 0 Å². The molecule has 0 radical (unpaired) electrons. The number of aliphatic carboxylic acids is 1. The van der Waals surface area contributed by atoms with E-state index >= 15 is 0 Å². The molecule has 0 saturated carbocycles. The van der Waals surface area contributed by atoms with Gasteiger partial charge in [-0.05, 0) is 6.92 Å². The maximum Gasteiger partial charge on any atom is 0.408 e. The first-order valence-electron chi connectivity index (χ1n) is 3.87. The van der Waals surface area contributed by atoms with Crippen LogP contribution in [0.4, 0.5) is 4.79 Å². The first-order chi connectivity index (χ1) is 5.95. The topological polar surface area (TPSA) is 98.1 Å². The molecule has 0 aromatic rings. The van der Waals surface area contributed by atoms with Crippen LogP contribution in [0.5, 0.6) is 0 Å².